The van der Waals surface area contributed by atoms with Gasteiger partial charge >= 0.3 is 0 Å². The molecule has 1 aliphatic heterocycles. The van der Waals surface area contributed by atoms with Gasteiger partial charge in [0.2, 0.25) is 0 Å². The van der Waals surface area contributed by atoms with E-state index in [1.165, 1.54) is 11.1 Å². The summed E-state index contributed by atoms with van der Waals surface area (Å²) in [4.78, 5) is 0. The molecular formula is C13H19BrN2O. The van der Waals surface area contributed by atoms with Crippen molar-refractivity contribution in [3.63, 3.8) is 0 Å². The van der Waals surface area contributed by atoms with Gasteiger partial charge in [-0.25, -0.2) is 0 Å². The molecule has 1 aromatic carbocycles. The summed E-state index contributed by atoms with van der Waals surface area (Å²) in [5, 5.41) is 6.91. The van der Waals surface area contributed by atoms with E-state index in [2.05, 4.69) is 51.7 Å². The molecule has 0 aliphatic carbocycles. The third-order valence-electron chi connectivity index (χ3n) is 3.24. The number of benzene rings is 1. The second-order valence-electron chi connectivity index (χ2n) is 4.40. The third kappa shape index (κ3) is 3.07. The van der Waals surface area contributed by atoms with Gasteiger partial charge in [-0.15, -0.1) is 0 Å². The predicted octanol–water partition coefficient (Wildman–Crippen LogP) is 2.01. The average Bonchev–Trinajstić information content (AvgIpc) is 2.36. The maximum atomic E-state index is 5.54. The van der Waals surface area contributed by atoms with Crippen LogP contribution >= 0.6 is 15.9 Å². The Kier molecular flexibility index (Phi) is 4.56. The van der Waals surface area contributed by atoms with Crippen molar-refractivity contribution in [1.29, 1.82) is 0 Å². The summed E-state index contributed by atoms with van der Waals surface area (Å²) in [7, 11) is 2.00. The molecule has 1 fully saturated rings. The van der Waals surface area contributed by atoms with Crippen molar-refractivity contribution in [1.82, 2.24) is 10.6 Å². The zero-order chi connectivity index (χ0) is 12.3. The van der Waals surface area contributed by atoms with Gasteiger partial charge < -0.3 is 15.4 Å². The van der Waals surface area contributed by atoms with Crippen LogP contribution in [0.15, 0.2) is 22.7 Å². The molecule has 2 rings (SSSR count). The molecule has 2 atom stereocenters. The Morgan fingerprint density at radius 3 is 3.00 bits per heavy atom. The smallest absolute Gasteiger partial charge is 0.0638 e. The van der Waals surface area contributed by atoms with Crippen molar-refractivity contribution in [2.24, 2.45) is 0 Å². The number of nitrogens with one attached hydrogen (secondary N) is 2. The second-order valence-corrected chi connectivity index (χ2v) is 5.32. The number of halogens is 1. The minimum Gasteiger partial charge on any atom is -0.378 e. The average molecular weight is 299 g/mol. The van der Waals surface area contributed by atoms with Gasteiger partial charge in [0.15, 0.2) is 0 Å². The topological polar surface area (TPSA) is 33.3 Å². The molecule has 0 radical (unpaired) electrons. The normalized spacial score (nSPS) is 22.4. The molecule has 1 aromatic rings. The Morgan fingerprint density at radius 1 is 1.53 bits per heavy atom. The number of likely N-dealkylation sites (N-methyl/N-ethyl adjacent to an activating group) is 1. The number of ether oxygens (including phenoxy) is 1. The molecule has 2 N–H and O–H groups in total. The largest absolute Gasteiger partial charge is 0.378 e. The van der Waals surface area contributed by atoms with Crippen LogP contribution in [-0.4, -0.2) is 32.8 Å². The number of rotatable bonds is 3. The number of hydrogen-bond donors (Lipinski definition) is 2. The maximum absolute atomic E-state index is 5.54. The van der Waals surface area contributed by atoms with Crippen LogP contribution in [-0.2, 0) is 4.74 Å². The predicted molar refractivity (Wildman–Crippen MR) is 73.3 cm³/mol. The van der Waals surface area contributed by atoms with E-state index in [-0.39, 0.29) is 6.04 Å². The lowest BCUT2D eigenvalue weighted by molar-refractivity contribution is 0.0645. The van der Waals surface area contributed by atoms with Crippen LogP contribution in [0, 0.1) is 6.92 Å². The fourth-order valence-electron chi connectivity index (χ4n) is 2.32. The highest BCUT2D eigenvalue weighted by Gasteiger charge is 2.25. The van der Waals surface area contributed by atoms with Crippen LogP contribution in [0.3, 0.4) is 0 Å². The molecule has 3 nitrogen and oxygen atoms in total. The van der Waals surface area contributed by atoms with E-state index in [1.54, 1.807) is 0 Å². The fourth-order valence-corrected chi connectivity index (χ4v) is 2.70. The zero-order valence-electron chi connectivity index (χ0n) is 10.3. The quantitative estimate of drug-likeness (QED) is 0.896. The molecule has 94 valence electrons. The van der Waals surface area contributed by atoms with Crippen LogP contribution in [0.4, 0.5) is 0 Å². The van der Waals surface area contributed by atoms with Crippen molar-refractivity contribution in [3.05, 3.63) is 33.8 Å². The van der Waals surface area contributed by atoms with Gasteiger partial charge in [0.1, 0.15) is 0 Å². The first-order valence-corrected chi connectivity index (χ1v) is 6.76. The molecule has 0 amide bonds. The Hall–Kier alpha value is -0.420. The first kappa shape index (κ1) is 13.0. The Bertz CT molecular complexity index is 378. The van der Waals surface area contributed by atoms with Crippen LogP contribution < -0.4 is 10.6 Å². The Balaban J connectivity index is 2.24. The lowest BCUT2D eigenvalue weighted by Gasteiger charge is -2.32. The molecule has 1 aliphatic rings. The highest BCUT2D eigenvalue weighted by Crippen LogP contribution is 2.25. The van der Waals surface area contributed by atoms with Crippen LogP contribution in [0.1, 0.15) is 17.2 Å². The molecule has 4 heteroatoms. The van der Waals surface area contributed by atoms with E-state index >= 15 is 0 Å². The third-order valence-corrected chi connectivity index (χ3v) is 3.73. The van der Waals surface area contributed by atoms with Crippen LogP contribution in [0.25, 0.3) is 0 Å². The molecule has 17 heavy (non-hydrogen) atoms. The zero-order valence-corrected chi connectivity index (χ0v) is 11.9. The van der Waals surface area contributed by atoms with E-state index < -0.39 is 0 Å². The summed E-state index contributed by atoms with van der Waals surface area (Å²) < 4.78 is 6.66. The monoisotopic (exact) mass is 298 g/mol. The molecule has 1 heterocycles. The van der Waals surface area contributed by atoms with E-state index in [0.717, 1.165) is 24.2 Å². The van der Waals surface area contributed by atoms with Gasteiger partial charge in [0, 0.05) is 17.1 Å². The van der Waals surface area contributed by atoms with Crippen molar-refractivity contribution >= 4 is 15.9 Å². The molecule has 2 unspecified atom stereocenters. The van der Waals surface area contributed by atoms with Gasteiger partial charge in [-0.05, 0) is 37.2 Å². The SMILES string of the molecule is CNC(c1cc(Br)ccc1C)C1COCCN1. The van der Waals surface area contributed by atoms with Gasteiger partial charge in [0.25, 0.3) is 0 Å². The number of hydrogen-bond acceptors (Lipinski definition) is 3. The lowest BCUT2D eigenvalue weighted by atomic mass is 9.95. The maximum Gasteiger partial charge on any atom is 0.0638 e. The summed E-state index contributed by atoms with van der Waals surface area (Å²) in [6.45, 7) is 4.65. The van der Waals surface area contributed by atoms with E-state index in [4.69, 9.17) is 4.74 Å². The molecular weight excluding hydrogens is 280 g/mol. The summed E-state index contributed by atoms with van der Waals surface area (Å²) in [6.07, 6.45) is 0. The number of aryl methyl sites for hydroxylation is 1. The Morgan fingerprint density at radius 2 is 2.35 bits per heavy atom. The van der Waals surface area contributed by atoms with Gasteiger partial charge in [-0.1, -0.05) is 22.0 Å². The Labute approximate surface area is 111 Å². The van der Waals surface area contributed by atoms with Crippen molar-refractivity contribution in [2.75, 3.05) is 26.8 Å². The van der Waals surface area contributed by atoms with Gasteiger partial charge in [-0.2, -0.15) is 0 Å². The molecule has 0 bridgehead atoms. The van der Waals surface area contributed by atoms with Crippen molar-refractivity contribution in [2.45, 2.75) is 19.0 Å². The van der Waals surface area contributed by atoms with Crippen LogP contribution in [0.5, 0.6) is 0 Å². The van der Waals surface area contributed by atoms with Crippen LogP contribution in [0.2, 0.25) is 0 Å². The molecule has 1 saturated heterocycles. The molecule has 0 saturated carbocycles. The fraction of sp³-hybridized carbons (Fsp3) is 0.538. The molecule has 0 spiro atoms. The first-order chi connectivity index (χ1) is 8.22. The minimum atomic E-state index is 0.285. The highest BCUT2D eigenvalue weighted by atomic mass is 79.9. The lowest BCUT2D eigenvalue weighted by Crippen LogP contribution is -2.48. The van der Waals surface area contributed by atoms with Crippen molar-refractivity contribution in [3.8, 4) is 0 Å². The van der Waals surface area contributed by atoms with Crippen molar-refractivity contribution < 1.29 is 4.74 Å². The second kappa shape index (κ2) is 5.96. The summed E-state index contributed by atoms with van der Waals surface area (Å²) in [6, 6.07) is 7.03. The summed E-state index contributed by atoms with van der Waals surface area (Å²) >= 11 is 3.54. The minimum absolute atomic E-state index is 0.285. The van der Waals surface area contributed by atoms with E-state index in [0.29, 0.717) is 6.04 Å². The van der Waals surface area contributed by atoms with Gasteiger partial charge in [-0.3, -0.25) is 0 Å². The summed E-state index contributed by atoms with van der Waals surface area (Å²) in [5.41, 5.74) is 2.63. The van der Waals surface area contributed by atoms with E-state index in [9.17, 15) is 0 Å². The number of morpholine rings is 1. The highest BCUT2D eigenvalue weighted by molar-refractivity contribution is 9.10. The standard InChI is InChI=1S/C13H19BrN2O/c1-9-3-4-10(14)7-11(9)13(15-2)12-8-17-6-5-16-12/h3-4,7,12-13,15-16H,5-6,8H2,1-2H3. The first-order valence-electron chi connectivity index (χ1n) is 5.97. The van der Waals surface area contributed by atoms with Gasteiger partial charge in [0.05, 0.1) is 19.3 Å². The molecule has 0 aromatic heterocycles. The van der Waals surface area contributed by atoms with E-state index in [1.807, 2.05) is 7.05 Å². The summed E-state index contributed by atoms with van der Waals surface area (Å²) in [5.74, 6) is 0.